The van der Waals surface area contributed by atoms with Gasteiger partial charge in [0.05, 0.1) is 23.3 Å². The molecule has 2 aromatic heterocycles. The Morgan fingerprint density at radius 3 is 3.15 bits per heavy atom. The van der Waals surface area contributed by atoms with E-state index < -0.39 is 0 Å². The Kier molecular flexibility index (Phi) is 3.02. The third-order valence-corrected chi connectivity index (χ3v) is 3.63. The van der Waals surface area contributed by atoms with Gasteiger partial charge in [0.15, 0.2) is 5.84 Å². The number of hydrogen-bond acceptors (Lipinski definition) is 4. The van der Waals surface area contributed by atoms with Crippen LogP contribution in [-0.2, 0) is 0 Å². The number of carbonyl (C=O) groups is 1. The van der Waals surface area contributed by atoms with Gasteiger partial charge < -0.3 is 15.8 Å². The van der Waals surface area contributed by atoms with E-state index in [0.29, 0.717) is 18.5 Å². The quantitative estimate of drug-likeness (QED) is 0.364. The molecule has 0 spiro atoms. The van der Waals surface area contributed by atoms with Crippen molar-refractivity contribution in [3.05, 3.63) is 36.2 Å². The number of carbonyl (C=O) groups excluding carboxylic acids is 1. The minimum Gasteiger partial charge on any atom is -0.409 e. The number of nitrogens with two attached hydrogens (primary N) is 1. The number of likely N-dealkylation sites (tertiary alicyclic amines) is 1. The van der Waals surface area contributed by atoms with Crippen molar-refractivity contribution in [3.63, 3.8) is 0 Å². The fourth-order valence-electron chi connectivity index (χ4n) is 2.64. The van der Waals surface area contributed by atoms with Crippen LogP contribution in [0.5, 0.6) is 0 Å². The minimum atomic E-state index is -0.342. The molecular weight excluding hydrogens is 258 g/mol. The third kappa shape index (κ3) is 1.87. The molecule has 0 radical (unpaired) electrons. The molecule has 0 bridgehead atoms. The number of nitrogens with zero attached hydrogens (tertiary/aromatic N) is 4. The topological polar surface area (TPSA) is 96.2 Å². The summed E-state index contributed by atoms with van der Waals surface area (Å²) >= 11 is 0. The highest BCUT2D eigenvalue weighted by Gasteiger charge is 2.33. The summed E-state index contributed by atoms with van der Waals surface area (Å²) in [5.41, 5.74) is 6.94. The van der Waals surface area contributed by atoms with Gasteiger partial charge in [-0.2, -0.15) is 5.10 Å². The summed E-state index contributed by atoms with van der Waals surface area (Å²) in [5, 5.41) is 16.0. The maximum Gasteiger partial charge on any atom is 0.258 e. The first-order valence-electron chi connectivity index (χ1n) is 6.43. The van der Waals surface area contributed by atoms with Crippen molar-refractivity contribution in [1.29, 1.82) is 0 Å². The van der Waals surface area contributed by atoms with E-state index in [1.807, 2.05) is 18.2 Å². The average Bonchev–Trinajstić information content (AvgIpc) is 3.12. The zero-order chi connectivity index (χ0) is 14.1. The van der Waals surface area contributed by atoms with Crippen LogP contribution in [0, 0.1) is 0 Å². The van der Waals surface area contributed by atoms with Gasteiger partial charge in [-0.25, -0.2) is 4.52 Å². The molecule has 2 aromatic rings. The normalized spacial score (nSPS) is 19.7. The Balaban J connectivity index is 1.96. The number of aromatic nitrogens is 2. The number of hydrogen-bond donors (Lipinski definition) is 2. The van der Waals surface area contributed by atoms with Crippen LogP contribution in [0.2, 0.25) is 0 Å². The molecule has 7 nitrogen and oxygen atoms in total. The van der Waals surface area contributed by atoms with E-state index in [4.69, 9.17) is 10.9 Å². The molecule has 1 unspecified atom stereocenters. The molecule has 3 N–H and O–H groups in total. The van der Waals surface area contributed by atoms with Crippen molar-refractivity contribution >= 4 is 17.3 Å². The minimum absolute atomic E-state index is 0.0762. The summed E-state index contributed by atoms with van der Waals surface area (Å²) in [5.74, 6) is -0.0624. The zero-order valence-corrected chi connectivity index (χ0v) is 10.8. The number of amidine groups is 1. The number of oxime groups is 1. The lowest BCUT2D eigenvalue weighted by Crippen LogP contribution is -2.43. The van der Waals surface area contributed by atoms with E-state index in [1.165, 1.54) is 0 Å². The van der Waals surface area contributed by atoms with E-state index in [9.17, 15) is 4.79 Å². The maximum atomic E-state index is 12.6. The van der Waals surface area contributed by atoms with Gasteiger partial charge in [0, 0.05) is 12.7 Å². The van der Waals surface area contributed by atoms with Gasteiger partial charge in [0.2, 0.25) is 0 Å². The van der Waals surface area contributed by atoms with Crippen molar-refractivity contribution in [2.45, 2.75) is 18.9 Å². The van der Waals surface area contributed by atoms with Crippen molar-refractivity contribution in [3.8, 4) is 0 Å². The van der Waals surface area contributed by atoms with E-state index in [0.717, 1.165) is 11.9 Å². The first kappa shape index (κ1) is 12.5. The molecule has 1 atom stereocenters. The van der Waals surface area contributed by atoms with Crippen LogP contribution in [0.15, 0.2) is 35.7 Å². The molecule has 1 aliphatic rings. The van der Waals surface area contributed by atoms with Crippen LogP contribution >= 0.6 is 0 Å². The van der Waals surface area contributed by atoms with Crippen molar-refractivity contribution in [2.24, 2.45) is 10.9 Å². The Morgan fingerprint density at radius 2 is 2.35 bits per heavy atom. The van der Waals surface area contributed by atoms with Crippen LogP contribution in [0.25, 0.3) is 5.52 Å². The van der Waals surface area contributed by atoms with Crippen LogP contribution in [-0.4, -0.2) is 44.1 Å². The number of rotatable bonds is 2. The molecule has 1 saturated heterocycles. The van der Waals surface area contributed by atoms with E-state index in [1.54, 1.807) is 21.8 Å². The van der Waals surface area contributed by atoms with Gasteiger partial charge in [-0.1, -0.05) is 11.2 Å². The van der Waals surface area contributed by atoms with E-state index in [-0.39, 0.29) is 17.8 Å². The van der Waals surface area contributed by atoms with Crippen LogP contribution in [0.1, 0.15) is 23.2 Å². The zero-order valence-electron chi connectivity index (χ0n) is 10.8. The van der Waals surface area contributed by atoms with E-state index in [2.05, 4.69) is 10.3 Å². The highest BCUT2D eigenvalue weighted by molar-refractivity contribution is 6.03. The summed E-state index contributed by atoms with van der Waals surface area (Å²) in [7, 11) is 0. The van der Waals surface area contributed by atoms with Crippen molar-refractivity contribution in [2.75, 3.05) is 6.54 Å². The van der Waals surface area contributed by atoms with Gasteiger partial charge in [0.1, 0.15) is 0 Å². The van der Waals surface area contributed by atoms with Crippen molar-refractivity contribution in [1.82, 2.24) is 14.5 Å². The second-order valence-electron chi connectivity index (χ2n) is 4.77. The lowest BCUT2D eigenvalue weighted by molar-refractivity contribution is 0.0770. The van der Waals surface area contributed by atoms with Gasteiger partial charge in [-0.3, -0.25) is 4.79 Å². The first-order valence-corrected chi connectivity index (χ1v) is 6.43. The van der Waals surface area contributed by atoms with Gasteiger partial charge >= 0.3 is 0 Å². The summed E-state index contributed by atoms with van der Waals surface area (Å²) in [4.78, 5) is 14.3. The lowest BCUT2D eigenvalue weighted by atomic mass is 10.2. The van der Waals surface area contributed by atoms with Gasteiger partial charge in [0.25, 0.3) is 5.91 Å². The molecule has 0 aromatic carbocycles. The SMILES string of the molecule is N/C(=N/O)C1CCCN1C(=O)c1cnn2ccccc12. The Labute approximate surface area is 115 Å². The fraction of sp³-hybridized carbons (Fsp3) is 0.308. The Bertz CT molecular complexity index is 678. The smallest absolute Gasteiger partial charge is 0.258 e. The van der Waals surface area contributed by atoms with Crippen LogP contribution in [0.4, 0.5) is 0 Å². The summed E-state index contributed by atoms with van der Waals surface area (Å²) in [6.45, 7) is 0.601. The summed E-state index contributed by atoms with van der Waals surface area (Å²) in [6.07, 6.45) is 4.89. The average molecular weight is 273 g/mol. The molecule has 0 saturated carbocycles. The van der Waals surface area contributed by atoms with Gasteiger partial charge in [-0.15, -0.1) is 0 Å². The first-order chi connectivity index (χ1) is 9.72. The summed E-state index contributed by atoms with van der Waals surface area (Å²) < 4.78 is 1.65. The predicted octanol–water partition coefficient (Wildman–Crippen LogP) is 0.685. The fourth-order valence-corrected chi connectivity index (χ4v) is 2.64. The molecule has 1 fully saturated rings. The third-order valence-electron chi connectivity index (χ3n) is 3.63. The molecule has 1 aliphatic heterocycles. The molecule has 7 heteroatoms. The number of fused-ring (bicyclic) bond motifs is 1. The van der Waals surface area contributed by atoms with Crippen molar-refractivity contribution < 1.29 is 10.0 Å². The second kappa shape index (κ2) is 4.84. The molecule has 1 amide bonds. The monoisotopic (exact) mass is 273 g/mol. The highest BCUT2D eigenvalue weighted by atomic mass is 16.4. The van der Waals surface area contributed by atoms with Crippen LogP contribution < -0.4 is 5.73 Å². The highest BCUT2D eigenvalue weighted by Crippen LogP contribution is 2.22. The number of pyridine rings is 1. The number of amides is 1. The second-order valence-corrected chi connectivity index (χ2v) is 4.77. The predicted molar refractivity (Wildman–Crippen MR) is 72.7 cm³/mol. The Morgan fingerprint density at radius 1 is 1.50 bits per heavy atom. The molecule has 20 heavy (non-hydrogen) atoms. The van der Waals surface area contributed by atoms with Gasteiger partial charge in [-0.05, 0) is 25.0 Å². The molecule has 0 aliphatic carbocycles. The van der Waals surface area contributed by atoms with E-state index >= 15 is 0 Å². The Hall–Kier alpha value is -2.57. The maximum absolute atomic E-state index is 12.6. The molecule has 3 heterocycles. The molecule has 3 rings (SSSR count). The lowest BCUT2D eigenvalue weighted by Gasteiger charge is -2.23. The largest absolute Gasteiger partial charge is 0.409 e. The standard InChI is InChI=1S/C13H15N5O2/c14-12(16-20)11-5-3-6-17(11)13(19)9-8-15-18-7-2-1-4-10(9)18/h1-2,4,7-8,11,20H,3,5-6H2,(H2,14,16). The van der Waals surface area contributed by atoms with Crippen LogP contribution in [0.3, 0.4) is 0 Å². The molecular formula is C13H15N5O2. The molecule has 104 valence electrons. The summed E-state index contributed by atoms with van der Waals surface area (Å²) in [6, 6.07) is 5.21.